The van der Waals surface area contributed by atoms with Crippen LogP contribution in [0.1, 0.15) is 40.0 Å². The van der Waals surface area contributed by atoms with E-state index in [4.69, 9.17) is 10.5 Å². The van der Waals surface area contributed by atoms with Gasteiger partial charge in [-0.05, 0) is 38.8 Å². The number of hydrogen-bond donors (Lipinski definition) is 4. The fourth-order valence-electron chi connectivity index (χ4n) is 6.29. The number of nitrogens with two attached hydrogens (primary N) is 1. The summed E-state index contributed by atoms with van der Waals surface area (Å²) in [6, 6.07) is -1.59. The van der Waals surface area contributed by atoms with Gasteiger partial charge in [0.15, 0.2) is 0 Å². The van der Waals surface area contributed by atoms with Crippen LogP contribution in [0.4, 0.5) is 8.78 Å². The molecule has 4 aliphatic heterocycles. The zero-order valence-electron chi connectivity index (χ0n) is 24.2. The molecule has 7 atom stereocenters. The number of likely N-dealkylation sites (tertiary alicyclic amines) is 2. The van der Waals surface area contributed by atoms with E-state index in [0.29, 0.717) is 45.6 Å². The van der Waals surface area contributed by atoms with Gasteiger partial charge in [-0.15, -0.1) is 0 Å². The highest BCUT2D eigenvalue weighted by Gasteiger charge is 2.43. The first-order valence-electron chi connectivity index (χ1n) is 14.7. The normalized spacial score (nSPS) is 36.4. The molecule has 12 heteroatoms. The van der Waals surface area contributed by atoms with Gasteiger partial charge in [0.1, 0.15) is 12.3 Å². The molecule has 4 rings (SSSR count). The quantitative estimate of drug-likeness (QED) is 0.370. The van der Waals surface area contributed by atoms with Crippen molar-refractivity contribution in [3.8, 4) is 0 Å². The van der Waals surface area contributed by atoms with E-state index in [1.807, 2.05) is 18.7 Å². The minimum atomic E-state index is -1.26. The number of methoxy groups -OCH3 is 1. The van der Waals surface area contributed by atoms with Gasteiger partial charge in [0, 0.05) is 57.5 Å². The molecule has 0 saturated carbocycles. The van der Waals surface area contributed by atoms with Crippen molar-refractivity contribution in [3.63, 3.8) is 0 Å². The predicted molar refractivity (Wildman–Crippen MR) is 150 cm³/mol. The van der Waals surface area contributed by atoms with Gasteiger partial charge >= 0.3 is 0 Å². The van der Waals surface area contributed by atoms with E-state index in [1.54, 1.807) is 20.1 Å². The molecule has 4 heterocycles. The Hall–Kier alpha value is -2.15. The van der Waals surface area contributed by atoms with Crippen molar-refractivity contribution in [1.82, 2.24) is 25.8 Å². The zero-order chi connectivity index (χ0) is 29.0. The van der Waals surface area contributed by atoms with Gasteiger partial charge in [-0.25, -0.2) is 8.78 Å². The van der Waals surface area contributed by atoms with Crippen molar-refractivity contribution < 1.29 is 23.1 Å². The van der Waals surface area contributed by atoms with E-state index in [9.17, 15) is 14.0 Å². The lowest BCUT2D eigenvalue weighted by Gasteiger charge is -2.46. The average Bonchev–Trinajstić information content (AvgIpc) is 2.89. The lowest BCUT2D eigenvalue weighted by atomic mass is 9.89. The topological polar surface area (TPSA) is 124 Å². The standard InChI is InChI=1S/C28H47F2N7O3/c1-16(2)22-6-5-19(29)11-33-17(3)24(26(31)34-22)27(38)35-23-13-32-12-21(30)25(23)36-9-7-18(8-10-36)28(39)37-14-20(15-37)40-4/h6,11,16-21,23-26,32,34H,5,7-10,12-15,31H2,1-4H3,(H,35,38)/b22-6-,33-11?. The summed E-state index contributed by atoms with van der Waals surface area (Å²) in [5.74, 6) is -0.983. The van der Waals surface area contributed by atoms with Gasteiger partial charge in [-0.1, -0.05) is 19.9 Å². The van der Waals surface area contributed by atoms with E-state index >= 15 is 4.39 Å². The highest BCUT2D eigenvalue weighted by molar-refractivity contribution is 5.81. The van der Waals surface area contributed by atoms with Crippen LogP contribution in [0.25, 0.3) is 0 Å². The van der Waals surface area contributed by atoms with Crippen LogP contribution in [0.15, 0.2) is 16.8 Å². The maximum atomic E-state index is 15.4. The molecule has 0 spiro atoms. The largest absolute Gasteiger partial charge is 0.378 e. The van der Waals surface area contributed by atoms with Crippen molar-refractivity contribution in [2.45, 2.75) is 82.8 Å². The lowest BCUT2D eigenvalue weighted by Crippen LogP contribution is -2.67. The van der Waals surface area contributed by atoms with Gasteiger partial charge < -0.3 is 31.3 Å². The molecule has 0 aromatic heterocycles. The van der Waals surface area contributed by atoms with E-state index < -0.39 is 42.6 Å². The fourth-order valence-corrected chi connectivity index (χ4v) is 6.29. The molecule has 0 bridgehead atoms. The first kappa shape index (κ1) is 30.8. The lowest BCUT2D eigenvalue weighted by molar-refractivity contribution is -0.149. The summed E-state index contributed by atoms with van der Waals surface area (Å²) >= 11 is 0. The molecule has 0 aromatic rings. The molecule has 4 aliphatic rings. The number of aliphatic imine (C=N–C) groups is 1. The van der Waals surface area contributed by atoms with Gasteiger partial charge in [-0.2, -0.15) is 0 Å². The van der Waals surface area contributed by atoms with Gasteiger partial charge in [0.25, 0.3) is 0 Å². The minimum absolute atomic E-state index is 0.0739. The SMILES string of the molecule is COC1CN(C(=O)C2CCN(C3C(F)CNCC3NC(=O)C3C(C)N=CC(F)C/C=C(/C(C)C)NC3N)CC2)C1. The average molecular weight is 568 g/mol. The first-order valence-corrected chi connectivity index (χ1v) is 14.7. The van der Waals surface area contributed by atoms with Crippen LogP contribution in [0, 0.1) is 17.8 Å². The number of alkyl halides is 2. The van der Waals surface area contributed by atoms with Gasteiger partial charge in [0.2, 0.25) is 11.8 Å². The predicted octanol–water partition coefficient (Wildman–Crippen LogP) is 0.582. The van der Waals surface area contributed by atoms with Gasteiger partial charge in [-0.3, -0.25) is 19.5 Å². The molecule has 3 fully saturated rings. The van der Waals surface area contributed by atoms with Crippen molar-refractivity contribution in [2.24, 2.45) is 28.5 Å². The number of nitrogens with zero attached hydrogens (tertiary/aromatic N) is 3. The zero-order valence-corrected chi connectivity index (χ0v) is 24.2. The number of carbonyl (C=O) groups is 2. The molecule has 0 aliphatic carbocycles. The van der Waals surface area contributed by atoms with Crippen LogP contribution < -0.4 is 21.7 Å². The second-order valence-corrected chi connectivity index (χ2v) is 12.0. The van der Waals surface area contributed by atoms with Crippen molar-refractivity contribution in [1.29, 1.82) is 0 Å². The monoisotopic (exact) mass is 567 g/mol. The molecule has 226 valence electrons. The second kappa shape index (κ2) is 13.7. The number of ether oxygens (including phenoxy) is 1. The third-order valence-electron chi connectivity index (χ3n) is 8.82. The van der Waals surface area contributed by atoms with Crippen molar-refractivity contribution in [3.05, 3.63) is 11.8 Å². The van der Waals surface area contributed by atoms with Crippen molar-refractivity contribution >= 4 is 18.0 Å². The number of allylic oxidation sites excluding steroid dienone is 2. The Labute approximate surface area is 236 Å². The molecule has 7 unspecified atom stereocenters. The Morgan fingerprint density at radius 2 is 1.90 bits per heavy atom. The number of nitrogens with one attached hydrogen (secondary N) is 3. The van der Waals surface area contributed by atoms with Crippen LogP contribution in [-0.4, -0.2) is 117 Å². The highest BCUT2D eigenvalue weighted by Crippen LogP contribution is 2.27. The minimum Gasteiger partial charge on any atom is -0.378 e. The summed E-state index contributed by atoms with van der Waals surface area (Å²) in [6.45, 7) is 8.76. The van der Waals surface area contributed by atoms with Gasteiger partial charge in [0.05, 0.1) is 36.3 Å². The molecular weight excluding hydrogens is 520 g/mol. The van der Waals surface area contributed by atoms with E-state index in [0.717, 1.165) is 5.70 Å². The van der Waals surface area contributed by atoms with E-state index in [1.165, 1.54) is 6.21 Å². The van der Waals surface area contributed by atoms with E-state index in [2.05, 4.69) is 25.8 Å². The summed E-state index contributed by atoms with van der Waals surface area (Å²) < 4.78 is 35.1. The van der Waals surface area contributed by atoms with E-state index in [-0.39, 0.29) is 42.7 Å². The molecule has 0 radical (unpaired) electrons. The van der Waals surface area contributed by atoms with Crippen LogP contribution in [0.3, 0.4) is 0 Å². The molecular formula is C28H47F2N7O3. The van der Waals surface area contributed by atoms with Crippen LogP contribution in [0.2, 0.25) is 0 Å². The van der Waals surface area contributed by atoms with Crippen LogP contribution >= 0.6 is 0 Å². The summed E-state index contributed by atoms with van der Waals surface area (Å²) in [6.07, 6.45) is 1.44. The molecule has 40 heavy (non-hydrogen) atoms. The number of carbonyl (C=O) groups excluding carboxylic acids is 2. The van der Waals surface area contributed by atoms with Crippen molar-refractivity contribution in [2.75, 3.05) is 46.4 Å². The Morgan fingerprint density at radius 3 is 2.55 bits per heavy atom. The summed E-state index contributed by atoms with van der Waals surface area (Å²) in [5, 5.41) is 9.39. The molecule has 2 amide bonds. The third kappa shape index (κ3) is 7.18. The maximum absolute atomic E-state index is 15.4. The number of piperidine rings is 2. The highest BCUT2D eigenvalue weighted by atomic mass is 19.1. The smallest absolute Gasteiger partial charge is 0.229 e. The number of amides is 2. The summed E-state index contributed by atoms with van der Waals surface area (Å²) in [5.41, 5.74) is 7.29. The number of hydrogen-bond acceptors (Lipinski definition) is 8. The molecule has 3 saturated heterocycles. The Kier molecular flexibility index (Phi) is 10.5. The Balaban J connectivity index is 1.42. The molecule has 0 aromatic carbocycles. The van der Waals surface area contributed by atoms with Crippen LogP contribution in [-0.2, 0) is 14.3 Å². The first-order chi connectivity index (χ1) is 19.1. The second-order valence-electron chi connectivity index (χ2n) is 12.0. The summed E-state index contributed by atoms with van der Waals surface area (Å²) in [7, 11) is 1.66. The third-order valence-corrected chi connectivity index (χ3v) is 8.82. The summed E-state index contributed by atoms with van der Waals surface area (Å²) in [4.78, 5) is 34.8. The Bertz CT molecular complexity index is 937. The Morgan fingerprint density at radius 1 is 1.20 bits per heavy atom. The fraction of sp³-hybridized carbons (Fsp3) is 0.821. The number of halogens is 2. The van der Waals surface area contributed by atoms with Crippen LogP contribution in [0.5, 0.6) is 0 Å². The molecule has 10 nitrogen and oxygen atoms in total. The molecule has 5 N–H and O–H groups in total. The number of rotatable bonds is 6. The maximum Gasteiger partial charge on any atom is 0.229 e.